The van der Waals surface area contributed by atoms with Gasteiger partial charge >= 0.3 is 11.9 Å². The molecule has 0 aliphatic rings. The van der Waals surface area contributed by atoms with E-state index in [9.17, 15) is 9.59 Å². The average molecular weight is 299 g/mol. The molecule has 0 N–H and O–H groups in total. The van der Waals surface area contributed by atoms with Crippen molar-refractivity contribution in [3.8, 4) is 0 Å². The van der Waals surface area contributed by atoms with E-state index in [1.807, 2.05) is 0 Å². The molecule has 120 valence electrons. The third-order valence-electron chi connectivity index (χ3n) is 2.80. The maximum atomic E-state index is 11.4. The fourth-order valence-corrected chi connectivity index (χ4v) is 1.71. The molecule has 0 fully saturated rings. The van der Waals surface area contributed by atoms with E-state index < -0.39 is 0 Å². The van der Waals surface area contributed by atoms with Crippen LogP contribution in [-0.2, 0) is 19.1 Å². The molecule has 7 nitrogen and oxygen atoms in total. The fourth-order valence-electron chi connectivity index (χ4n) is 1.71. The Kier molecular flexibility index (Phi) is 13.4. The molecular formula is C14H25N3O4. The summed E-state index contributed by atoms with van der Waals surface area (Å²) in [6, 6.07) is 0. The van der Waals surface area contributed by atoms with Crippen LogP contribution in [0.3, 0.4) is 0 Å². The number of carbonyl (C=O) groups is 2. The van der Waals surface area contributed by atoms with Crippen molar-refractivity contribution >= 4 is 11.9 Å². The van der Waals surface area contributed by atoms with E-state index in [4.69, 9.17) is 15.0 Å². The molecule has 0 saturated carbocycles. The number of hydrogen-bond acceptors (Lipinski definition) is 5. The predicted octanol–water partition coefficient (Wildman–Crippen LogP) is 3.52. The van der Waals surface area contributed by atoms with E-state index in [1.54, 1.807) is 6.92 Å². The molecule has 0 spiro atoms. The minimum atomic E-state index is -0.191. The average Bonchev–Trinajstić information content (AvgIpc) is 2.46. The zero-order valence-electron chi connectivity index (χ0n) is 12.8. The summed E-state index contributed by atoms with van der Waals surface area (Å²) < 4.78 is 9.90. The first-order valence-corrected chi connectivity index (χ1v) is 7.52. The Hall–Kier alpha value is -1.75. The van der Waals surface area contributed by atoms with Crippen molar-refractivity contribution in [3.63, 3.8) is 0 Å². The third-order valence-corrected chi connectivity index (χ3v) is 2.80. The van der Waals surface area contributed by atoms with Crippen LogP contribution in [0.4, 0.5) is 0 Å². The minimum Gasteiger partial charge on any atom is -0.466 e. The molecule has 0 aliphatic carbocycles. The van der Waals surface area contributed by atoms with Crippen molar-refractivity contribution in [1.29, 1.82) is 0 Å². The number of unbranched alkanes of at least 4 members (excludes halogenated alkanes) is 4. The topological polar surface area (TPSA) is 101 Å². The third kappa shape index (κ3) is 14.5. The molecule has 0 saturated heterocycles. The Balaban J connectivity index is 3.30. The molecule has 7 heteroatoms. The van der Waals surface area contributed by atoms with Crippen molar-refractivity contribution in [2.75, 3.05) is 19.8 Å². The van der Waals surface area contributed by atoms with E-state index in [0.717, 1.165) is 38.5 Å². The maximum Gasteiger partial charge on any atom is 0.305 e. The molecule has 0 atom stereocenters. The van der Waals surface area contributed by atoms with Crippen molar-refractivity contribution < 1.29 is 19.1 Å². The number of hydrogen-bond donors (Lipinski definition) is 0. The van der Waals surface area contributed by atoms with E-state index in [1.165, 1.54) is 0 Å². The van der Waals surface area contributed by atoms with Gasteiger partial charge in [0.1, 0.15) is 0 Å². The number of nitrogens with zero attached hydrogens (tertiary/aromatic N) is 3. The highest BCUT2D eigenvalue weighted by atomic mass is 16.5. The molecule has 0 heterocycles. The number of azide groups is 1. The zero-order chi connectivity index (χ0) is 15.8. The van der Waals surface area contributed by atoms with Crippen LogP contribution in [0.5, 0.6) is 0 Å². The molecule has 0 amide bonds. The van der Waals surface area contributed by atoms with Crippen LogP contribution in [0.2, 0.25) is 0 Å². The molecule has 0 radical (unpaired) electrons. The first-order chi connectivity index (χ1) is 10.2. The predicted molar refractivity (Wildman–Crippen MR) is 78.5 cm³/mol. The standard InChI is InChI=1S/C14H25N3O4/c1-2-20-13(18)9-6-4-8-12-21-14(19)10-5-3-7-11-16-17-15/h2-12H2,1H3. The second-order valence-electron chi connectivity index (χ2n) is 4.60. The molecule has 0 aromatic heterocycles. The van der Waals surface area contributed by atoms with Crippen LogP contribution in [0, 0.1) is 0 Å². The molecular weight excluding hydrogens is 274 g/mol. The van der Waals surface area contributed by atoms with E-state index >= 15 is 0 Å². The van der Waals surface area contributed by atoms with Crippen LogP contribution < -0.4 is 0 Å². The van der Waals surface area contributed by atoms with Gasteiger partial charge < -0.3 is 9.47 Å². The van der Waals surface area contributed by atoms with Gasteiger partial charge in [-0.1, -0.05) is 11.5 Å². The summed E-state index contributed by atoms with van der Waals surface area (Å²) in [5.74, 6) is -0.362. The summed E-state index contributed by atoms with van der Waals surface area (Å²) in [5, 5.41) is 3.42. The van der Waals surface area contributed by atoms with Crippen molar-refractivity contribution in [3.05, 3.63) is 10.4 Å². The van der Waals surface area contributed by atoms with Gasteiger partial charge in [-0.05, 0) is 44.6 Å². The highest BCUT2D eigenvalue weighted by Crippen LogP contribution is 2.04. The number of carbonyl (C=O) groups excluding carboxylic acids is 2. The molecule has 21 heavy (non-hydrogen) atoms. The molecule has 0 aromatic rings. The Morgan fingerprint density at radius 3 is 2.19 bits per heavy atom. The Morgan fingerprint density at radius 1 is 0.952 bits per heavy atom. The van der Waals surface area contributed by atoms with Gasteiger partial charge in [0.25, 0.3) is 0 Å². The first kappa shape index (κ1) is 19.2. The second kappa shape index (κ2) is 14.7. The lowest BCUT2D eigenvalue weighted by Gasteiger charge is -2.05. The first-order valence-electron chi connectivity index (χ1n) is 7.52. The van der Waals surface area contributed by atoms with Gasteiger partial charge in [0.2, 0.25) is 0 Å². The van der Waals surface area contributed by atoms with Crippen LogP contribution in [0.1, 0.15) is 58.3 Å². The van der Waals surface area contributed by atoms with Crippen molar-refractivity contribution in [2.24, 2.45) is 5.11 Å². The Bertz CT molecular complexity index is 341. The maximum absolute atomic E-state index is 11.4. The van der Waals surface area contributed by atoms with Gasteiger partial charge in [-0.2, -0.15) is 0 Å². The summed E-state index contributed by atoms with van der Waals surface area (Å²) in [4.78, 5) is 25.1. The Labute approximate surface area is 125 Å². The lowest BCUT2D eigenvalue weighted by molar-refractivity contribution is -0.145. The highest BCUT2D eigenvalue weighted by Gasteiger charge is 2.03. The van der Waals surface area contributed by atoms with Gasteiger partial charge in [0, 0.05) is 24.3 Å². The quantitative estimate of drug-likeness (QED) is 0.171. The lowest BCUT2D eigenvalue weighted by atomic mass is 10.2. The van der Waals surface area contributed by atoms with Gasteiger partial charge in [0.05, 0.1) is 13.2 Å². The molecule has 0 bridgehead atoms. The van der Waals surface area contributed by atoms with Gasteiger partial charge in [-0.15, -0.1) is 0 Å². The largest absolute Gasteiger partial charge is 0.466 e. The zero-order valence-corrected chi connectivity index (χ0v) is 12.8. The smallest absolute Gasteiger partial charge is 0.305 e. The van der Waals surface area contributed by atoms with Crippen LogP contribution in [0.25, 0.3) is 10.4 Å². The van der Waals surface area contributed by atoms with E-state index in [2.05, 4.69) is 10.0 Å². The normalized spacial score (nSPS) is 9.76. The van der Waals surface area contributed by atoms with Crippen LogP contribution in [0.15, 0.2) is 5.11 Å². The molecule has 0 rings (SSSR count). The highest BCUT2D eigenvalue weighted by molar-refractivity contribution is 5.69. The Morgan fingerprint density at radius 2 is 1.57 bits per heavy atom. The summed E-state index contributed by atoms with van der Waals surface area (Å²) in [7, 11) is 0. The SMILES string of the molecule is CCOC(=O)CCCCCOC(=O)CCCCCN=[N+]=[N-]. The molecule has 0 aliphatic heterocycles. The van der Waals surface area contributed by atoms with Crippen molar-refractivity contribution in [1.82, 2.24) is 0 Å². The number of ether oxygens (including phenoxy) is 2. The van der Waals surface area contributed by atoms with Gasteiger partial charge in [-0.25, -0.2) is 0 Å². The van der Waals surface area contributed by atoms with Crippen molar-refractivity contribution in [2.45, 2.75) is 58.3 Å². The molecule has 0 unspecified atom stereocenters. The van der Waals surface area contributed by atoms with E-state index in [-0.39, 0.29) is 11.9 Å². The number of rotatable bonds is 13. The summed E-state index contributed by atoms with van der Waals surface area (Å²) in [6.45, 7) is 3.08. The van der Waals surface area contributed by atoms with Gasteiger partial charge in [0.15, 0.2) is 0 Å². The fraction of sp³-hybridized carbons (Fsp3) is 0.857. The van der Waals surface area contributed by atoms with Crippen LogP contribution >= 0.6 is 0 Å². The lowest BCUT2D eigenvalue weighted by Crippen LogP contribution is -2.06. The van der Waals surface area contributed by atoms with Crippen LogP contribution in [-0.4, -0.2) is 31.7 Å². The second-order valence-corrected chi connectivity index (χ2v) is 4.60. The summed E-state index contributed by atoms with van der Waals surface area (Å²) >= 11 is 0. The number of esters is 2. The monoisotopic (exact) mass is 299 g/mol. The minimum absolute atomic E-state index is 0.171. The summed E-state index contributed by atoms with van der Waals surface area (Å²) in [6.07, 6.45) is 5.60. The summed E-state index contributed by atoms with van der Waals surface area (Å²) in [5.41, 5.74) is 8.09. The van der Waals surface area contributed by atoms with Gasteiger partial charge in [-0.3, -0.25) is 9.59 Å². The molecule has 0 aromatic carbocycles. The van der Waals surface area contributed by atoms with E-state index in [0.29, 0.717) is 32.6 Å².